The van der Waals surface area contributed by atoms with Gasteiger partial charge in [-0.15, -0.1) is 0 Å². The summed E-state index contributed by atoms with van der Waals surface area (Å²) in [5, 5.41) is 3.74. The molecular formula is C18H18BrNO. The van der Waals surface area contributed by atoms with Crippen molar-refractivity contribution in [2.24, 2.45) is 5.92 Å². The summed E-state index contributed by atoms with van der Waals surface area (Å²) in [4.78, 5) is 0. The van der Waals surface area contributed by atoms with Crippen LogP contribution in [-0.4, -0.2) is 6.61 Å². The number of fused-ring (bicyclic) bond motifs is 3. The lowest BCUT2D eigenvalue weighted by Crippen LogP contribution is -2.29. The average Bonchev–Trinajstić information content (AvgIpc) is 2.97. The van der Waals surface area contributed by atoms with Crippen LogP contribution in [0.15, 0.2) is 46.9 Å². The molecule has 0 spiro atoms. The zero-order chi connectivity index (χ0) is 14.4. The third-order valence-electron chi connectivity index (χ3n) is 4.62. The van der Waals surface area contributed by atoms with Crippen molar-refractivity contribution in [2.75, 3.05) is 11.9 Å². The highest BCUT2D eigenvalue weighted by atomic mass is 79.9. The minimum absolute atomic E-state index is 0.231. The molecule has 0 aromatic heterocycles. The molecule has 2 aliphatic heterocycles. The van der Waals surface area contributed by atoms with Gasteiger partial charge in [0, 0.05) is 28.2 Å². The van der Waals surface area contributed by atoms with E-state index in [2.05, 4.69) is 70.6 Å². The number of anilines is 1. The molecule has 1 N–H and O–H groups in total. The summed E-state index contributed by atoms with van der Waals surface area (Å²) in [5.74, 6) is 0.514. The van der Waals surface area contributed by atoms with Gasteiger partial charge >= 0.3 is 0 Å². The molecule has 108 valence electrons. The normalized spacial score (nSPS) is 26.9. The fraction of sp³-hybridized carbons (Fsp3) is 0.333. The highest BCUT2D eigenvalue weighted by molar-refractivity contribution is 9.10. The maximum absolute atomic E-state index is 6.06. The number of halogens is 1. The van der Waals surface area contributed by atoms with Crippen LogP contribution in [0.4, 0.5) is 5.69 Å². The van der Waals surface area contributed by atoms with Crippen LogP contribution in [0.3, 0.4) is 0 Å². The van der Waals surface area contributed by atoms with Gasteiger partial charge < -0.3 is 10.1 Å². The van der Waals surface area contributed by atoms with Crippen molar-refractivity contribution in [2.45, 2.75) is 25.5 Å². The molecule has 0 bridgehead atoms. The van der Waals surface area contributed by atoms with Crippen LogP contribution in [0.5, 0.6) is 0 Å². The van der Waals surface area contributed by atoms with E-state index in [0.29, 0.717) is 12.0 Å². The Hall–Kier alpha value is -1.32. The molecule has 0 amide bonds. The lowest BCUT2D eigenvalue weighted by Gasteiger charge is -2.36. The summed E-state index contributed by atoms with van der Waals surface area (Å²) >= 11 is 3.51. The Labute approximate surface area is 133 Å². The van der Waals surface area contributed by atoms with Crippen LogP contribution in [0.25, 0.3) is 0 Å². The smallest absolute Gasteiger partial charge is 0.0896 e. The Morgan fingerprint density at radius 3 is 2.76 bits per heavy atom. The fourth-order valence-corrected chi connectivity index (χ4v) is 3.86. The van der Waals surface area contributed by atoms with Crippen LogP contribution in [0.2, 0.25) is 0 Å². The molecule has 2 aliphatic rings. The van der Waals surface area contributed by atoms with Crippen LogP contribution >= 0.6 is 15.9 Å². The van der Waals surface area contributed by atoms with Crippen molar-refractivity contribution in [3.8, 4) is 0 Å². The number of hydrogen-bond acceptors (Lipinski definition) is 2. The first kappa shape index (κ1) is 13.4. The van der Waals surface area contributed by atoms with E-state index in [9.17, 15) is 0 Å². The van der Waals surface area contributed by atoms with Crippen LogP contribution in [-0.2, 0) is 4.74 Å². The molecule has 1 saturated heterocycles. The summed E-state index contributed by atoms with van der Waals surface area (Å²) in [5.41, 5.74) is 5.18. The van der Waals surface area contributed by atoms with Gasteiger partial charge in [-0.2, -0.15) is 0 Å². The molecule has 1 unspecified atom stereocenters. The van der Waals surface area contributed by atoms with Gasteiger partial charge in [0.25, 0.3) is 0 Å². The van der Waals surface area contributed by atoms with Gasteiger partial charge in [0.15, 0.2) is 0 Å². The Balaban J connectivity index is 1.77. The third kappa shape index (κ3) is 2.29. The van der Waals surface area contributed by atoms with Crippen LogP contribution in [0, 0.1) is 12.8 Å². The number of nitrogens with one attached hydrogen (secondary N) is 1. The number of hydrogen-bond donors (Lipinski definition) is 1. The highest BCUT2D eigenvalue weighted by Crippen LogP contribution is 2.49. The van der Waals surface area contributed by atoms with Crippen LogP contribution in [0.1, 0.15) is 35.3 Å². The maximum Gasteiger partial charge on any atom is 0.0896 e. The van der Waals surface area contributed by atoms with Gasteiger partial charge in [-0.05, 0) is 37.1 Å². The van der Waals surface area contributed by atoms with Gasteiger partial charge in [-0.25, -0.2) is 0 Å². The van der Waals surface area contributed by atoms with E-state index in [1.165, 1.54) is 22.4 Å². The molecular weight excluding hydrogens is 326 g/mol. The Kier molecular flexibility index (Phi) is 3.27. The molecule has 4 rings (SSSR count). The van der Waals surface area contributed by atoms with Crippen molar-refractivity contribution in [3.05, 3.63) is 63.6 Å². The molecule has 3 atom stereocenters. The zero-order valence-electron chi connectivity index (χ0n) is 12.0. The topological polar surface area (TPSA) is 21.3 Å². The van der Waals surface area contributed by atoms with E-state index >= 15 is 0 Å². The lowest BCUT2D eigenvalue weighted by molar-refractivity contribution is 0.0829. The first-order valence-electron chi connectivity index (χ1n) is 7.46. The largest absolute Gasteiger partial charge is 0.378 e. The molecule has 0 aliphatic carbocycles. The van der Waals surface area contributed by atoms with E-state index in [0.717, 1.165) is 17.5 Å². The maximum atomic E-state index is 6.06. The quantitative estimate of drug-likeness (QED) is 0.786. The fourth-order valence-electron chi connectivity index (χ4n) is 3.59. The Morgan fingerprint density at radius 2 is 1.95 bits per heavy atom. The molecule has 1 fully saturated rings. The molecule has 2 aromatic rings. The van der Waals surface area contributed by atoms with Crippen molar-refractivity contribution in [1.29, 1.82) is 0 Å². The third-order valence-corrected chi connectivity index (χ3v) is 5.15. The summed E-state index contributed by atoms with van der Waals surface area (Å²) < 4.78 is 7.19. The summed E-state index contributed by atoms with van der Waals surface area (Å²) in [6.07, 6.45) is 1.35. The lowest BCUT2D eigenvalue weighted by atomic mass is 9.81. The van der Waals surface area contributed by atoms with Gasteiger partial charge in [-0.3, -0.25) is 0 Å². The molecule has 2 heterocycles. The molecule has 2 nitrogen and oxygen atoms in total. The molecule has 21 heavy (non-hydrogen) atoms. The van der Waals surface area contributed by atoms with E-state index in [-0.39, 0.29) is 6.10 Å². The predicted molar refractivity (Wildman–Crippen MR) is 88.5 cm³/mol. The van der Waals surface area contributed by atoms with Gasteiger partial charge in [0.2, 0.25) is 0 Å². The van der Waals surface area contributed by atoms with Crippen LogP contribution < -0.4 is 5.32 Å². The summed E-state index contributed by atoms with van der Waals surface area (Å²) in [7, 11) is 0. The van der Waals surface area contributed by atoms with E-state index in [4.69, 9.17) is 4.74 Å². The second-order valence-corrected chi connectivity index (χ2v) is 6.92. The number of aryl methyl sites for hydroxylation is 1. The van der Waals surface area contributed by atoms with E-state index in [1.54, 1.807) is 0 Å². The summed E-state index contributed by atoms with van der Waals surface area (Å²) in [6.45, 7) is 3.00. The minimum Gasteiger partial charge on any atom is -0.378 e. The van der Waals surface area contributed by atoms with E-state index in [1.807, 2.05) is 0 Å². The average molecular weight is 344 g/mol. The first-order chi connectivity index (χ1) is 10.2. The summed E-state index contributed by atoms with van der Waals surface area (Å²) in [6, 6.07) is 15.6. The standard InChI is InChI=1S/C18H18BrNO/c1-11-2-7-16-15(10-11)18-14(8-9-21-18)17(20-16)12-3-5-13(19)6-4-12/h2-7,10,14,17-18,20H,8-9H2,1H3/t14-,17?,18-/m0/s1. The van der Waals surface area contributed by atoms with E-state index < -0.39 is 0 Å². The Bertz CT molecular complexity index is 667. The predicted octanol–water partition coefficient (Wildman–Crippen LogP) is 5.00. The number of rotatable bonds is 1. The van der Waals surface area contributed by atoms with Crippen molar-refractivity contribution >= 4 is 21.6 Å². The van der Waals surface area contributed by atoms with Gasteiger partial charge in [0.1, 0.15) is 0 Å². The second kappa shape index (κ2) is 5.15. The van der Waals surface area contributed by atoms with Crippen molar-refractivity contribution in [1.82, 2.24) is 0 Å². The molecule has 2 aromatic carbocycles. The zero-order valence-corrected chi connectivity index (χ0v) is 13.6. The minimum atomic E-state index is 0.231. The Morgan fingerprint density at radius 1 is 1.14 bits per heavy atom. The second-order valence-electron chi connectivity index (χ2n) is 6.01. The molecule has 0 radical (unpaired) electrons. The first-order valence-corrected chi connectivity index (χ1v) is 8.26. The van der Waals surface area contributed by atoms with Crippen molar-refractivity contribution < 1.29 is 4.74 Å². The highest BCUT2D eigenvalue weighted by Gasteiger charge is 2.41. The van der Waals surface area contributed by atoms with Crippen molar-refractivity contribution in [3.63, 3.8) is 0 Å². The van der Waals surface area contributed by atoms with Gasteiger partial charge in [-0.1, -0.05) is 45.8 Å². The van der Waals surface area contributed by atoms with Gasteiger partial charge in [0.05, 0.1) is 12.1 Å². The monoisotopic (exact) mass is 343 g/mol. The SMILES string of the molecule is Cc1ccc2c(c1)[C@H]1OCC[C@H]1C(c1ccc(Br)cc1)N2. The number of benzene rings is 2. The molecule has 0 saturated carbocycles. The molecule has 3 heteroatoms. The number of ether oxygens (including phenoxy) is 1.